The van der Waals surface area contributed by atoms with Gasteiger partial charge in [0, 0.05) is 31.8 Å². The van der Waals surface area contributed by atoms with Gasteiger partial charge in [-0.25, -0.2) is 17.0 Å². The van der Waals surface area contributed by atoms with E-state index in [1.165, 1.54) is 37.6 Å². The molecular weight excluding hydrogens is 545 g/mol. The lowest BCUT2D eigenvalue weighted by Gasteiger charge is -2.23. The van der Waals surface area contributed by atoms with E-state index in [-0.39, 0.29) is 48.0 Å². The zero-order valence-electron chi connectivity index (χ0n) is 22.7. The van der Waals surface area contributed by atoms with Gasteiger partial charge in [0.2, 0.25) is 5.71 Å². The number of pyridine rings is 1. The van der Waals surface area contributed by atoms with Crippen LogP contribution in [0.4, 0.5) is 10.2 Å². The van der Waals surface area contributed by atoms with Crippen molar-refractivity contribution in [2.45, 2.75) is 51.7 Å². The second-order valence-corrected chi connectivity index (χ2v) is 12.4. The molecule has 0 aliphatic carbocycles. The quantitative estimate of drug-likeness (QED) is 0.402. The Hall–Kier alpha value is -3.12. The number of halogens is 1. The van der Waals surface area contributed by atoms with Crippen molar-refractivity contribution in [1.82, 2.24) is 10.3 Å². The van der Waals surface area contributed by atoms with E-state index in [0.29, 0.717) is 35.2 Å². The first-order chi connectivity index (χ1) is 18.6. The molecule has 0 saturated carbocycles. The van der Waals surface area contributed by atoms with Crippen molar-refractivity contribution in [2.75, 3.05) is 29.9 Å². The lowest BCUT2D eigenvalue weighted by molar-refractivity contribution is -0.117. The number of anilines is 1. The fourth-order valence-corrected chi connectivity index (χ4v) is 7.15. The van der Waals surface area contributed by atoms with Gasteiger partial charge in [-0.15, -0.1) is 0 Å². The summed E-state index contributed by atoms with van der Waals surface area (Å²) in [6.07, 6.45) is 2.50. The Balaban J connectivity index is 0.00000205. The Morgan fingerprint density at radius 3 is 2.46 bits per heavy atom. The largest absolute Gasteiger partial charge is 0.437 e. The number of sulfone groups is 1. The first kappa shape index (κ1) is 30.4. The van der Waals surface area contributed by atoms with Crippen molar-refractivity contribution in [3.63, 3.8) is 0 Å². The van der Waals surface area contributed by atoms with Crippen molar-refractivity contribution in [3.8, 4) is 11.3 Å². The van der Waals surface area contributed by atoms with Crippen LogP contribution in [0, 0.1) is 5.82 Å². The number of aromatic nitrogens is 1. The molecule has 1 aromatic carbocycles. The molecule has 39 heavy (non-hydrogen) atoms. The van der Waals surface area contributed by atoms with Crippen molar-refractivity contribution in [3.05, 3.63) is 47.3 Å². The molecule has 3 aromatic rings. The SMILES string of the molecule is CC.CCc1cc2c(C(=O)NC)c(-c3ccc(F)cc3)oc2nc1N(CCCC1C(=O)CCS1(=O)=O)S(C)=O. The van der Waals surface area contributed by atoms with E-state index in [1.54, 1.807) is 10.4 Å². The summed E-state index contributed by atoms with van der Waals surface area (Å²) >= 11 is 0. The minimum atomic E-state index is -3.44. The van der Waals surface area contributed by atoms with E-state index >= 15 is 0 Å². The zero-order valence-corrected chi connectivity index (χ0v) is 24.4. The van der Waals surface area contributed by atoms with Crippen LogP contribution in [0.1, 0.15) is 56.0 Å². The van der Waals surface area contributed by atoms with Gasteiger partial charge < -0.3 is 9.73 Å². The molecule has 212 valence electrons. The summed E-state index contributed by atoms with van der Waals surface area (Å²) in [5.41, 5.74) is 1.61. The van der Waals surface area contributed by atoms with Gasteiger partial charge in [-0.1, -0.05) is 20.8 Å². The second kappa shape index (κ2) is 12.8. The molecule has 1 aliphatic heterocycles. The predicted octanol–water partition coefficient (Wildman–Crippen LogP) is 4.22. The van der Waals surface area contributed by atoms with Crippen LogP contribution in [-0.4, -0.2) is 60.2 Å². The van der Waals surface area contributed by atoms with E-state index in [1.807, 2.05) is 20.8 Å². The first-order valence-corrected chi connectivity index (χ1v) is 16.1. The molecule has 2 aromatic heterocycles. The highest BCUT2D eigenvalue weighted by molar-refractivity contribution is 7.93. The number of rotatable bonds is 9. The number of furan rings is 1. The maximum Gasteiger partial charge on any atom is 0.255 e. The van der Waals surface area contributed by atoms with Crippen LogP contribution in [0.2, 0.25) is 0 Å². The molecule has 1 N–H and O–H groups in total. The fraction of sp³-hybridized carbons (Fsp3) is 0.444. The fourth-order valence-electron chi connectivity index (χ4n) is 4.55. The van der Waals surface area contributed by atoms with E-state index in [9.17, 15) is 26.6 Å². The number of carbonyl (C=O) groups is 2. The normalized spacial score (nSPS) is 17.0. The Kier molecular flexibility index (Phi) is 10.0. The third-order valence-corrected chi connectivity index (χ3v) is 9.59. The number of benzene rings is 1. The number of nitrogens with one attached hydrogen (secondary N) is 1. The number of amides is 1. The molecule has 0 radical (unpaired) electrons. The monoisotopic (exact) mass is 579 g/mol. The van der Waals surface area contributed by atoms with E-state index < -0.39 is 37.8 Å². The van der Waals surface area contributed by atoms with Crippen LogP contribution in [0.15, 0.2) is 34.7 Å². The van der Waals surface area contributed by atoms with Crippen LogP contribution in [0.3, 0.4) is 0 Å². The molecule has 1 aliphatic rings. The van der Waals surface area contributed by atoms with Gasteiger partial charge in [-0.3, -0.25) is 13.9 Å². The Morgan fingerprint density at radius 1 is 1.26 bits per heavy atom. The summed E-state index contributed by atoms with van der Waals surface area (Å²) in [5.74, 6) is -0.602. The molecule has 1 saturated heterocycles. The lowest BCUT2D eigenvalue weighted by atomic mass is 10.0. The van der Waals surface area contributed by atoms with E-state index in [0.717, 1.165) is 0 Å². The average Bonchev–Trinajstić information content (AvgIpc) is 3.42. The highest BCUT2D eigenvalue weighted by Crippen LogP contribution is 2.36. The molecule has 12 heteroatoms. The number of carbonyl (C=O) groups excluding carboxylic acids is 2. The average molecular weight is 580 g/mol. The first-order valence-electron chi connectivity index (χ1n) is 12.9. The van der Waals surface area contributed by atoms with Gasteiger partial charge in [-0.05, 0) is 55.2 Å². The smallest absolute Gasteiger partial charge is 0.255 e. The summed E-state index contributed by atoms with van der Waals surface area (Å²) in [7, 11) is -3.46. The van der Waals surface area contributed by atoms with Crippen LogP contribution < -0.4 is 9.62 Å². The molecular formula is C27H34FN3O6S2. The number of hydrogen-bond donors (Lipinski definition) is 1. The topological polar surface area (TPSA) is 127 Å². The Bertz CT molecular complexity index is 1490. The number of aryl methyl sites for hydroxylation is 1. The highest BCUT2D eigenvalue weighted by Gasteiger charge is 2.38. The molecule has 1 fully saturated rings. The molecule has 9 nitrogen and oxygen atoms in total. The van der Waals surface area contributed by atoms with Crippen LogP contribution >= 0.6 is 0 Å². The Labute approximate surface area is 230 Å². The van der Waals surface area contributed by atoms with Crippen LogP contribution in [0.25, 0.3) is 22.4 Å². The maximum absolute atomic E-state index is 13.5. The van der Waals surface area contributed by atoms with Crippen molar-refractivity contribution < 1.29 is 31.0 Å². The highest BCUT2D eigenvalue weighted by atomic mass is 32.2. The van der Waals surface area contributed by atoms with Crippen molar-refractivity contribution in [2.24, 2.45) is 0 Å². The van der Waals surface area contributed by atoms with Crippen molar-refractivity contribution in [1.29, 1.82) is 0 Å². The van der Waals surface area contributed by atoms with Gasteiger partial charge in [0.15, 0.2) is 15.6 Å². The van der Waals surface area contributed by atoms with Crippen molar-refractivity contribution >= 4 is 49.4 Å². The third kappa shape index (κ3) is 6.38. The Morgan fingerprint density at radius 2 is 1.92 bits per heavy atom. The summed E-state index contributed by atoms with van der Waals surface area (Å²) in [6, 6.07) is 7.32. The minimum Gasteiger partial charge on any atom is -0.437 e. The lowest BCUT2D eigenvalue weighted by Crippen LogP contribution is -2.30. The van der Waals surface area contributed by atoms with Crippen LogP contribution in [0.5, 0.6) is 0 Å². The molecule has 1 amide bonds. The predicted molar refractivity (Wildman–Crippen MR) is 151 cm³/mol. The number of Topliss-reactive ketones (excluding diaryl/α,β-unsaturated/α-hetero) is 1. The van der Waals surface area contributed by atoms with Gasteiger partial charge >= 0.3 is 0 Å². The standard InChI is InChI=1S/C25H28FN3O6S2.C2H6/c1-4-15-14-18-21(24(31)27-2)22(16-7-9-17(26)10-8-16)35-25(18)28-23(15)29(36(3)32)12-5-6-20-19(30)11-13-37(20,33)34;1-2/h7-10,14,20H,4-6,11-13H2,1-3H3,(H,27,31);1-2H3. The third-order valence-electron chi connectivity index (χ3n) is 6.48. The molecule has 4 rings (SSSR count). The molecule has 3 heterocycles. The molecule has 0 spiro atoms. The van der Waals surface area contributed by atoms with Gasteiger partial charge in [0.05, 0.1) is 16.7 Å². The summed E-state index contributed by atoms with van der Waals surface area (Å²) in [5, 5.41) is 2.05. The van der Waals surface area contributed by atoms with Gasteiger partial charge in [0.1, 0.15) is 33.6 Å². The maximum atomic E-state index is 13.5. The number of fused-ring (bicyclic) bond motifs is 1. The van der Waals surface area contributed by atoms with Gasteiger partial charge in [-0.2, -0.15) is 4.98 Å². The van der Waals surface area contributed by atoms with Gasteiger partial charge in [0.25, 0.3) is 5.91 Å². The zero-order chi connectivity index (χ0) is 28.9. The summed E-state index contributed by atoms with van der Waals surface area (Å²) < 4.78 is 58.1. The molecule has 0 bridgehead atoms. The summed E-state index contributed by atoms with van der Waals surface area (Å²) in [4.78, 5) is 29.5. The number of ketones is 1. The summed E-state index contributed by atoms with van der Waals surface area (Å²) in [6.45, 7) is 6.11. The minimum absolute atomic E-state index is 0.0389. The number of nitrogens with zero attached hydrogens (tertiary/aromatic N) is 2. The second-order valence-electron chi connectivity index (χ2n) is 8.81. The molecule has 2 unspecified atom stereocenters. The molecule has 2 atom stereocenters. The van der Waals surface area contributed by atoms with E-state index in [4.69, 9.17) is 4.42 Å². The van der Waals surface area contributed by atoms with E-state index in [2.05, 4.69) is 10.3 Å². The number of hydrogen-bond acceptors (Lipinski definition) is 7. The van der Waals surface area contributed by atoms with Crippen LogP contribution in [-0.2, 0) is 32.0 Å².